The van der Waals surface area contributed by atoms with E-state index in [9.17, 15) is 14.4 Å². The molecule has 7 nitrogen and oxygen atoms in total. The average Bonchev–Trinajstić information content (AvgIpc) is 3.23. The molecule has 0 radical (unpaired) electrons. The normalized spacial score (nSPS) is 21.5. The van der Waals surface area contributed by atoms with Crippen LogP contribution in [0, 0.1) is 5.92 Å². The Morgan fingerprint density at radius 1 is 1.13 bits per heavy atom. The van der Waals surface area contributed by atoms with Crippen molar-refractivity contribution in [2.24, 2.45) is 5.92 Å². The topological polar surface area (TPSA) is 86.6 Å². The van der Waals surface area contributed by atoms with Crippen molar-refractivity contribution in [1.29, 1.82) is 0 Å². The molecule has 1 saturated heterocycles. The van der Waals surface area contributed by atoms with Crippen molar-refractivity contribution in [3.63, 3.8) is 0 Å². The van der Waals surface area contributed by atoms with Gasteiger partial charge in [-0.15, -0.1) is 0 Å². The number of benzene rings is 2. The maximum absolute atomic E-state index is 13.2. The Kier molecular flexibility index (Phi) is 4.46. The van der Waals surface area contributed by atoms with Crippen LogP contribution >= 0.6 is 0 Å². The van der Waals surface area contributed by atoms with Crippen LogP contribution in [0.2, 0.25) is 0 Å². The fraction of sp³-hybridized carbons (Fsp3) is 0.348. The standard InChI is InChI=1S/C23H23N3O4/c1-25-10-4-5-15(21(25)27)12-19-16-6-2-3-7-17(16)22(28)26(19)13-14-8-9-18-20(11-14)30-23(29)24-18/h2-3,6-9,11,15,19H,4-5,10,12-13H2,1H3,(H,24,29)/t15-,19-/m1/s1. The number of rotatable bonds is 4. The largest absolute Gasteiger partial charge is 0.417 e. The van der Waals surface area contributed by atoms with Crippen molar-refractivity contribution >= 4 is 22.9 Å². The second-order valence-electron chi connectivity index (χ2n) is 8.22. The molecule has 2 aromatic carbocycles. The van der Waals surface area contributed by atoms with Gasteiger partial charge in [-0.3, -0.25) is 14.6 Å². The quantitative estimate of drug-likeness (QED) is 0.723. The summed E-state index contributed by atoms with van der Waals surface area (Å²) in [5.41, 5.74) is 3.67. The Bertz CT molecular complexity index is 1190. The number of hydrogen-bond acceptors (Lipinski definition) is 4. The molecule has 30 heavy (non-hydrogen) atoms. The molecule has 3 heterocycles. The maximum atomic E-state index is 13.2. The highest BCUT2D eigenvalue weighted by molar-refractivity contribution is 5.99. The van der Waals surface area contributed by atoms with Crippen molar-refractivity contribution in [3.8, 4) is 0 Å². The molecule has 0 aliphatic carbocycles. The van der Waals surface area contributed by atoms with Crippen LogP contribution in [0.5, 0.6) is 0 Å². The number of aromatic nitrogens is 1. The Balaban J connectivity index is 1.47. The fourth-order valence-corrected chi connectivity index (χ4v) is 4.78. The second-order valence-corrected chi connectivity index (χ2v) is 8.22. The number of piperidine rings is 1. The highest BCUT2D eigenvalue weighted by atomic mass is 16.4. The summed E-state index contributed by atoms with van der Waals surface area (Å²) in [6.45, 7) is 1.18. The van der Waals surface area contributed by atoms with Gasteiger partial charge in [0.15, 0.2) is 5.58 Å². The molecule has 2 aliphatic rings. The zero-order valence-corrected chi connectivity index (χ0v) is 16.8. The van der Waals surface area contributed by atoms with Crippen molar-refractivity contribution < 1.29 is 14.0 Å². The number of nitrogens with zero attached hydrogens (tertiary/aromatic N) is 2. The molecule has 2 atom stereocenters. The summed E-state index contributed by atoms with van der Waals surface area (Å²) in [4.78, 5) is 43.6. The molecule has 0 bridgehead atoms. The van der Waals surface area contributed by atoms with Crippen LogP contribution in [0.1, 0.15) is 46.8 Å². The van der Waals surface area contributed by atoms with Gasteiger partial charge in [0, 0.05) is 31.6 Å². The van der Waals surface area contributed by atoms with Crippen LogP contribution < -0.4 is 5.76 Å². The highest BCUT2D eigenvalue weighted by Crippen LogP contribution is 2.40. The average molecular weight is 405 g/mol. The lowest BCUT2D eigenvalue weighted by Gasteiger charge is -2.33. The van der Waals surface area contributed by atoms with E-state index in [1.54, 1.807) is 17.0 Å². The SMILES string of the molecule is CN1CCC[C@H](C[C@@H]2c3ccccc3C(=O)N2Cc2ccc3[nH]c(=O)oc3c2)C1=O. The number of fused-ring (bicyclic) bond motifs is 2. The molecular formula is C23H23N3O4. The molecule has 2 amide bonds. The summed E-state index contributed by atoms with van der Waals surface area (Å²) in [6, 6.07) is 13.0. The van der Waals surface area contributed by atoms with E-state index in [-0.39, 0.29) is 23.8 Å². The molecule has 1 N–H and O–H groups in total. The van der Waals surface area contributed by atoms with Gasteiger partial charge in [0.2, 0.25) is 5.91 Å². The Morgan fingerprint density at radius 3 is 2.83 bits per heavy atom. The summed E-state index contributed by atoms with van der Waals surface area (Å²) >= 11 is 0. The van der Waals surface area contributed by atoms with Crippen LogP contribution in [-0.2, 0) is 11.3 Å². The summed E-state index contributed by atoms with van der Waals surface area (Å²) < 4.78 is 5.17. The molecule has 3 aromatic rings. The van der Waals surface area contributed by atoms with Crippen molar-refractivity contribution in [1.82, 2.24) is 14.8 Å². The van der Waals surface area contributed by atoms with E-state index in [0.717, 1.165) is 30.5 Å². The predicted octanol–water partition coefficient (Wildman–Crippen LogP) is 3.08. The number of hydrogen-bond donors (Lipinski definition) is 1. The van der Waals surface area contributed by atoms with Gasteiger partial charge in [0.05, 0.1) is 11.6 Å². The lowest BCUT2D eigenvalue weighted by Crippen LogP contribution is -2.40. The zero-order chi connectivity index (χ0) is 20.8. The zero-order valence-electron chi connectivity index (χ0n) is 16.8. The fourth-order valence-electron chi connectivity index (χ4n) is 4.78. The number of amides is 2. The first-order valence-electron chi connectivity index (χ1n) is 10.3. The molecule has 0 spiro atoms. The monoisotopic (exact) mass is 405 g/mol. The Labute approximate surface area is 173 Å². The Hall–Kier alpha value is -3.35. The number of carbonyl (C=O) groups excluding carboxylic acids is 2. The van der Waals surface area contributed by atoms with Crippen LogP contribution in [0.4, 0.5) is 0 Å². The minimum absolute atomic E-state index is 0.0252. The minimum atomic E-state index is -0.496. The number of carbonyl (C=O) groups is 2. The van der Waals surface area contributed by atoms with E-state index >= 15 is 0 Å². The van der Waals surface area contributed by atoms with Gasteiger partial charge in [-0.2, -0.15) is 0 Å². The van der Waals surface area contributed by atoms with Crippen molar-refractivity contribution in [2.45, 2.75) is 31.8 Å². The first-order chi connectivity index (χ1) is 14.5. The summed E-state index contributed by atoms with van der Waals surface area (Å²) in [5, 5.41) is 0. The summed E-state index contributed by atoms with van der Waals surface area (Å²) in [6.07, 6.45) is 2.45. The van der Waals surface area contributed by atoms with Gasteiger partial charge in [0.25, 0.3) is 5.91 Å². The van der Waals surface area contributed by atoms with Gasteiger partial charge in [-0.05, 0) is 48.6 Å². The van der Waals surface area contributed by atoms with E-state index in [0.29, 0.717) is 29.6 Å². The van der Waals surface area contributed by atoms with Crippen LogP contribution in [0.15, 0.2) is 51.7 Å². The van der Waals surface area contributed by atoms with E-state index in [1.807, 2.05) is 42.3 Å². The summed E-state index contributed by atoms with van der Waals surface area (Å²) in [5.74, 6) is -0.443. The van der Waals surface area contributed by atoms with Gasteiger partial charge in [-0.25, -0.2) is 4.79 Å². The Morgan fingerprint density at radius 2 is 1.97 bits per heavy atom. The number of nitrogens with one attached hydrogen (secondary N) is 1. The van der Waals surface area contributed by atoms with E-state index < -0.39 is 5.76 Å². The lowest BCUT2D eigenvalue weighted by atomic mass is 9.88. The molecule has 154 valence electrons. The molecule has 5 rings (SSSR count). The smallest absolute Gasteiger partial charge is 0.408 e. The number of H-pyrrole nitrogens is 1. The number of likely N-dealkylation sites (tertiary alicyclic amines) is 1. The summed E-state index contributed by atoms with van der Waals surface area (Å²) in [7, 11) is 1.85. The van der Waals surface area contributed by atoms with Gasteiger partial charge >= 0.3 is 5.76 Å². The third kappa shape index (κ3) is 3.10. The molecule has 0 unspecified atom stereocenters. The molecule has 1 aromatic heterocycles. The van der Waals surface area contributed by atoms with E-state index in [1.165, 1.54) is 0 Å². The first kappa shape index (κ1) is 18.7. The predicted molar refractivity (Wildman–Crippen MR) is 111 cm³/mol. The first-order valence-corrected chi connectivity index (χ1v) is 10.3. The van der Waals surface area contributed by atoms with Gasteiger partial charge < -0.3 is 14.2 Å². The molecule has 1 fully saturated rings. The van der Waals surface area contributed by atoms with Gasteiger partial charge in [0.1, 0.15) is 0 Å². The van der Waals surface area contributed by atoms with E-state index in [4.69, 9.17) is 4.42 Å². The van der Waals surface area contributed by atoms with Crippen molar-refractivity contribution in [3.05, 3.63) is 69.7 Å². The van der Waals surface area contributed by atoms with E-state index in [2.05, 4.69) is 4.98 Å². The molecule has 7 heteroatoms. The minimum Gasteiger partial charge on any atom is -0.408 e. The third-order valence-corrected chi connectivity index (χ3v) is 6.30. The lowest BCUT2D eigenvalue weighted by molar-refractivity contribution is -0.137. The molecule has 0 saturated carbocycles. The van der Waals surface area contributed by atoms with Gasteiger partial charge in [-0.1, -0.05) is 24.3 Å². The van der Waals surface area contributed by atoms with Crippen LogP contribution in [-0.4, -0.2) is 40.2 Å². The highest BCUT2D eigenvalue weighted by Gasteiger charge is 2.39. The van der Waals surface area contributed by atoms with Crippen molar-refractivity contribution in [2.75, 3.05) is 13.6 Å². The number of aromatic amines is 1. The molecular weight excluding hydrogens is 382 g/mol. The molecule has 2 aliphatic heterocycles. The maximum Gasteiger partial charge on any atom is 0.417 e. The third-order valence-electron chi connectivity index (χ3n) is 6.30. The number of oxazole rings is 1. The van der Waals surface area contributed by atoms with Crippen LogP contribution in [0.25, 0.3) is 11.1 Å². The second kappa shape index (κ2) is 7.16. The van der Waals surface area contributed by atoms with Crippen LogP contribution in [0.3, 0.4) is 0 Å².